The molecule has 1 fully saturated rings. The summed E-state index contributed by atoms with van der Waals surface area (Å²) in [5, 5.41) is 12.6. The first-order chi connectivity index (χ1) is 9.61. The fraction of sp³-hybridized carbons (Fsp3) is 0.467. The smallest absolute Gasteiger partial charge is 0.244 e. The van der Waals surface area contributed by atoms with Crippen LogP contribution in [0.4, 0.5) is 5.69 Å². The van der Waals surface area contributed by atoms with E-state index in [0.29, 0.717) is 29.3 Å². The first-order valence-corrected chi connectivity index (χ1v) is 7.05. The number of ether oxygens (including phenoxy) is 1. The molecule has 1 aliphatic carbocycles. The summed E-state index contributed by atoms with van der Waals surface area (Å²) in [7, 11) is 1.55. The largest absolute Gasteiger partial charge is 0.497 e. The third kappa shape index (κ3) is 2.88. The van der Waals surface area contributed by atoms with Crippen molar-refractivity contribution in [1.29, 1.82) is 5.26 Å². The maximum Gasteiger partial charge on any atom is 0.244 e. The number of hydrogen-bond donors (Lipinski definition) is 1. The monoisotopic (exact) mass is 292 g/mol. The second-order valence-corrected chi connectivity index (χ2v) is 5.46. The molecule has 0 radical (unpaired) electrons. The Kier molecular flexibility index (Phi) is 4.51. The molecule has 1 saturated carbocycles. The van der Waals surface area contributed by atoms with Crippen LogP contribution < -0.4 is 10.1 Å². The minimum absolute atomic E-state index is 0.269. The SMILES string of the molecule is COc1ccc(Cl)c(NC(=O)C2(C#N)CCCCC2)c1. The predicted octanol–water partition coefficient (Wildman–Crippen LogP) is 3.76. The van der Waals surface area contributed by atoms with Crippen molar-refractivity contribution in [2.45, 2.75) is 32.1 Å². The summed E-state index contributed by atoms with van der Waals surface area (Å²) in [6, 6.07) is 7.24. The van der Waals surface area contributed by atoms with Crippen LogP contribution in [0.3, 0.4) is 0 Å². The van der Waals surface area contributed by atoms with Gasteiger partial charge in [-0.05, 0) is 25.0 Å². The van der Waals surface area contributed by atoms with Crippen molar-refractivity contribution in [3.05, 3.63) is 23.2 Å². The zero-order valence-corrected chi connectivity index (χ0v) is 12.2. The predicted molar refractivity (Wildman–Crippen MR) is 77.8 cm³/mol. The third-order valence-electron chi connectivity index (χ3n) is 3.78. The van der Waals surface area contributed by atoms with Gasteiger partial charge in [0.1, 0.15) is 11.2 Å². The van der Waals surface area contributed by atoms with E-state index in [-0.39, 0.29) is 5.91 Å². The summed E-state index contributed by atoms with van der Waals surface area (Å²) < 4.78 is 5.11. The minimum atomic E-state index is -0.926. The number of carbonyl (C=O) groups excluding carboxylic acids is 1. The molecular weight excluding hydrogens is 276 g/mol. The number of nitrogens with one attached hydrogen (secondary N) is 1. The van der Waals surface area contributed by atoms with E-state index >= 15 is 0 Å². The molecule has 4 nitrogen and oxygen atoms in total. The van der Waals surface area contributed by atoms with Gasteiger partial charge in [-0.2, -0.15) is 5.26 Å². The molecule has 0 spiro atoms. The molecule has 20 heavy (non-hydrogen) atoms. The van der Waals surface area contributed by atoms with E-state index in [4.69, 9.17) is 16.3 Å². The molecule has 0 unspecified atom stereocenters. The average Bonchev–Trinajstić information content (AvgIpc) is 2.50. The van der Waals surface area contributed by atoms with Gasteiger partial charge < -0.3 is 10.1 Å². The highest BCUT2D eigenvalue weighted by atomic mass is 35.5. The summed E-state index contributed by atoms with van der Waals surface area (Å²) in [5.41, 5.74) is -0.443. The molecule has 0 atom stereocenters. The van der Waals surface area contributed by atoms with Gasteiger partial charge in [-0.1, -0.05) is 30.9 Å². The zero-order valence-electron chi connectivity index (χ0n) is 11.4. The minimum Gasteiger partial charge on any atom is -0.497 e. The summed E-state index contributed by atoms with van der Waals surface area (Å²) in [6.45, 7) is 0. The van der Waals surface area contributed by atoms with Crippen LogP contribution >= 0.6 is 11.6 Å². The maximum absolute atomic E-state index is 12.4. The Morgan fingerprint density at radius 1 is 1.40 bits per heavy atom. The standard InChI is InChI=1S/C15H17ClN2O2/c1-20-11-5-6-12(16)13(9-11)18-14(19)15(10-17)7-3-2-4-8-15/h5-6,9H,2-4,7-8H2,1H3,(H,18,19). The molecule has 1 N–H and O–H groups in total. The number of hydrogen-bond acceptors (Lipinski definition) is 3. The lowest BCUT2D eigenvalue weighted by Gasteiger charge is -2.29. The first-order valence-electron chi connectivity index (χ1n) is 6.67. The van der Waals surface area contributed by atoms with Gasteiger partial charge in [0, 0.05) is 6.07 Å². The summed E-state index contributed by atoms with van der Waals surface area (Å²) >= 11 is 6.07. The molecule has 0 aliphatic heterocycles. The van der Waals surface area contributed by atoms with Gasteiger partial charge >= 0.3 is 0 Å². The van der Waals surface area contributed by atoms with Gasteiger partial charge in [-0.15, -0.1) is 0 Å². The fourth-order valence-electron chi connectivity index (χ4n) is 2.51. The second kappa shape index (κ2) is 6.15. The fourth-order valence-corrected chi connectivity index (χ4v) is 2.68. The lowest BCUT2D eigenvalue weighted by Crippen LogP contribution is -2.36. The number of benzene rings is 1. The van der Waals surface area contributed by atoms with Gasteiger partial charge in [0.05, 0.1) is 23.9 Å². The lowest BCUT2D eigenvalue weighted by atomic mass is 9.74. The average molecular weight is 293 g/mol. The van der Waals surface area contributed by atoms with E-state index in [1.165, 1.54) is 0 Å². The van der Waals surface area contributed by atoms with Gasteiger partial charge in [0.15, 0.2) is 0 Å². The molecule has 1 amide bonds. The van der Waals surface area contributed by atoms with Crippen molar-refractivity contribution in [3.8, 4) is 11.8 Å². The highest BCUT2D eigenvalue weighted by Crippen LogP contribution is 2.37. The molecule has 1 aromatic carbocycles. The highest BCUT2D eigenvalue weighted by molar-refractivity contribution is 6.33. The number of rotatable bonds is 3. The van der Waals surface area contributed by atoms with Crippen LogP contribution in [0, 0.1) is 16.7 Å². The van der Waals surface area contributed by atoms with Gasteiger partial charge in [-0.3, -0.25) is 4.79 Å². The number of nitrogens with zero attached hydrogens (tertiary/aromatic N) is 1. The molecule has 1 aromatic rings. The molecule has 0 aromatic heterocycles. The van der Waals surface area contributed by atoms with Crippen LogP contribution in [0.5, 0.6) is 5.75 Å². The van der Waals surface area contributed by atoms with Gasteiger partial charge in [0.2, 0.25) is 5.91 Å². The summed E-state index contributed by atoms with van der Waals surface area (Å²) in [5.74, 6) is 0.342. The van der Waals surface area contributed by atoms with E-state index in [9.17, 15) is 10.1 Å². The van der Waals surface area contributed by atoms with Crippen molar-refractivity contribution < 1.29 is 9.53 Å². The molecule has 0 bridgehead atoms. The second-order valence-electron chi connectivity index (χ2n) is 5.05. The molecule has 1 aliphatic rings. The quantitative estimate of drug-likeness (QED) is 0.922. The molecule has 0 saturated heterocycles. The van der Waals surface area contributed by atoms with Gasteiger partial charge in [0.25, 0.3) is 0 Å². The number of nitriles is 1. The number of carbonyl (C=O) groups is 1. The van der Waals surface area contributed by atoms with Crippen LogP contribution in [-0.2, 0) is 4.79 Å². The van der Waals surface area contributed by atoms with E-state index in [1.54, 1.807) is 25.3 Å². The Bertz CT molecular complexity index is 545. The maximum atomic E-state index is 12.4. The molecule has 2 rings (SSSR count). The number of halogens is 1. The van der Waals surface area contributed by atoms with Crippen LogP contribution in [-0.4, -0.2) is 13.0 Å². The summed E-state index contributed by atoms with van der Waals surface area (Å²) in [4.78, 5) is 12.4. The molecule has 106 valence electrons. The molecule has 0 heterocycles. The first kappa shape index (κ1) is 14.7. The van der Waals surface area contributed by atoms with Crippen LogP contribution in [0.25, 0.3) is 0 Å². The topological polar surface area (TPSA) is 62.1 Å². The van der Waals surface area contributed by atoms with Crippen LogP contribution in [0.1, 0.15) is 32.1 Å². The summed E-state index contributed by atoms with van der Waals surface area (Å²) in [6.07, 6.45) is 4.12. The van der Waals surface area contributed by atoms with E-state index in [1.807, 2.05) is 0 Å². The van der Waals surface area contributed by atoms with Crippen LogP contribution in [0.2, 0.25) is 5.02 Å². The van der Waals surface area contributed by atoms with E-state index in [2.05, 4.69) is 11.4 Å². The van der Waals surface area contributed by atoms with Crippen molar-refractivity contribution in [2.75, 3.05) is 12.4 Å². The normalized spacial score (nSPS) is 17.1. The Hall–Kier alpha value is -1.73. The Morgan fingerprint density at radius 2 is 2.10 bits per heavy atom. The zero-order chi connectivity index (χ0) is 14.6. The van der Waals surface area contributed by atoms with Crippen molar-refractivity contribution >= 4 is 23.2 Å². The van der Waals surface area contributed by atoms with E-state index in [0.717, 1.165) is 19.3 Å². The Labute approximate surface area is 123 Å². The Balaban J connectivity index is 2.20. The lowest BCUT2D eigenvalue weighted by molar-refractivity contribution is -0.124. The van der Waals surface area contributed by atoms with Crippen molar-refractivity contribution in [2.24, 2.45) is 5.41 Å². The molecular formula is C15H17ClN2O2. The van der Waals surface area contributed by atoms with Gasteiger partial charge in [-0.25, -0.2) is 0 Å². The van der Waals surface area contributed by atoms with Crippen molar-refractivity contribution in [3.63, 3.8) is 0 Å². The number of amides is 1. The molecule has 5 heteroatoms. The van der Waals surface area contributed by atoms with Crippen molar-refractivity contribution in [1.82, 2.24) is 0 Å². The highest BCUT2D eigenvalue weighted by Gasteiger charge is 2.40. The third-order valence-corrected chi connectivity index (χ3v) is 4.11. The van der Waals surface area contributed by atoms with E-state index < -0.39 is 5.41 Å². The number of anilines is 1. The Morgan fingerprint density at radius 3 is 2.70 bits per heavy atom. The van der Waals surface area contributed by atoms with Crippen LogP contribution in [0.15, 0.2) is 18.2 Å². The number of methoxy groups -OCH3 is 1.